The minimum atomic E-state index is 0.257. The molecule has 2 N–H and O–H groups in total. The van der Waals surface area contributed by atoms with Gasteiger partial charge in [0.05, 0.1) is 0 Å². The zero-order valence-corrected chi connectivity index (χ0v) is 9.11. The van der Waals surface area contributed by atoms with Gasteiger partial charge >= 0.3 is 0 Å². The van der Waals surface area contributed by atoms with Crippen LogP contribution >= 0.6 is 0 Å². The van der Waals surface area contributed by atoms with Gasteiger partial charge in [-0.2, -0.15) is 0 Å². The van der Waals surface area contributed by atoms with Gasteiger partial charge in [-0.1, -0.05) is 18.2 Å². The summed E-state index contributed by atoms with van der Waals surface area (Å²) in [6.07, 6.45) is 0.831. The lowest BCUT2D eigenvalue weighted by Gasteiger charge is -2.24. The molecule has 2 rings (SSSR count). The second kappa shape index (κ2) is 4.64. The SMILES string of the molecule is CN1Cc2ccccc2NC[C@@H]1CCO. The smallest absolute Gasteiger partial charge is 0.0446 e. The maximum Gasteiger partial charge on any atom is 0.0446 e. The Hall–Kier alpha value is -1.06. The van der Waals surface area contributed by atoms with Crippen molar-refractivity contribution in [2.75, 3.05) is 25.5 Å². The van der Waals surface area contributed by atoms with E-state index >= 15 is 0 Å². The van der Waals surface area contributed by atoms with Crippen LogP contribution in [0.1, 0.15) is 12.0 Å². The van der Waals surface area contributed by atoms with Gasteiger partial charge in [0.15, 0.2) is 0 Å². The van der Waals surface area contributed by atoms with E-state index in [1.54, 1.807) is 0 Å². The summed E-state index contributed by atoms with van der Waals surface area (Å²) in [6.45, 7) is 2.12. The molecule has 3 heteroatoms. The van der Waals surface area contributed by atoms with E-state index in [9.17, 15) is 0 Å². The molecule has 0 amide bonds. The molecule has 1 atom stereocenters. The largest absolute Gasteiger partial charge is 0.396 e. The number of aliphatic hydroxyl groups excluding tert-OH is 1. The molecule has 1 aromatic carbocycles. The van der Waals surface area contributed by atoms with Crippen LogP contribution in [0.5, 0.6) is 0 Å². The van der Waals surface area contributed by atoms with E-state index < -0.39 is 0 Å². The fourth-order valence-electron chi connectivity index (χ4n) is 2.08. The number of hydrogen-bond acceptors (Lipinski definition) is 3. The van der Waals surface area contributed by atoms with E-state index in [4.69, 9.17) is 5.11 Å². The Balaban J connectivity index is 2.15. The van der Waals surface area contributed by atoms with Crippen molar-refractivity contribution in [1.29, 1.82) is 0 Å². The second-order valence-corrected chi connectivity index (χ2v) is 4.12. The predicted octanol–water partition coefficient (Wildman–Crippen LogP) is 1.29. The molecule has 0 spiro atoms. The monoisotopic (exact) mass is 206 g/mol. The summed E-state index contributed by atoms with van der Waals surface area (Å²) in [5.74, 6) is 0. The second-order valence-electron chi connectivity index (χ2n) is 4.12. The number of likely N-dealkylation sites (N-methyl/N-ethyl adjacent to an activating group) is 1. The van der Waals surface area contributed by atoms with Crippen LogP contribution in [0.4, 0.5) is 5.69 Å². The van der Waals surface area contributed by atoms with Crippen LogP contribution in [-0.4, -0.2) is 36.2 Å². The first kappa shape index (κ1) is 10.5. The molecule has 1 aliphatic rings. The molecule has 82 valence electrons. The fourth-order valence-corrected chi connectivity index (χ4v) is 2.08. The maximum absolute atomic E-state index is 8.99. The van der Waals surface area contributed by atoms with Crippen molar-refractivity contribution in [3.63, 3.8) is 0 Å². The van der Waals surface area contributed by atoms with Crippen LogP contribution in [0.2, 0.25) is 0 Å². The Morgan fingerprint density at radius 3 is 3.07 bits per heavy atom. The highest BCUT2D eigenvalue weighted by Gasteiger charge is 2.19. The molecule has 0 fully saturated rings. The van der Waals surface area contributed by atoms with E-state index in [1.807, 2.05) is 0 Å². The van der Waals surface area contributed by atoms with Gasteiger partial charge in [0.25, 0.3) is 0 Å². The van der Waals surface area contributed by atoms with Gasteiger partial charge in [-0.15, -0.1) is 0 Å². The molecule has 1 heterocycles. The number of hydrogen-bond donors (Lipinski definition) is 2. The molecule has 0 saturated heterocycles. The van der Waals surface area contributed by atoms with Gasteiger partial charge in [-0.05, 0) is 25.1 Å². The Kier molecular flexibility index (Phi) is 3.23. The molecule has 0 unspecified atom stereocenters. The summed E-state index contributed by atoms with van der Waals surface area (Å²) in [5.41, 5.74) is 2.56. The minimum absolute atomic E-state index is 0.257. The lowest BCUT2D eigenvalue weighted by atomic mass is 10.1. The summed E-state index contributed by atoms with van der Waals surface area (Å²) in [5, 5.41) is 12.4. The molecule has 3 nitrogen and oxygen atoms in total. The lowest BCUT2D eigenvalue weighted by molar-refractivity contribution is 0.189. The molecule has 1 aromatic rings. The summed E-state index contributed by atoms with van der Waals surface area (Å²) >= 11 is 0. The standard InChI is InChI=1S/C12H18N2O/c1-14-9-10-4-2-3-5-12(10)13-8-11(14)6-7-15/h2-5,11,13,15H,6-9H2,1H3/t11-/m0/s1. The lowest BCUT2D eigenvalue weighted by Crippen LogP contribution is -2.35. The molecule has 15 heavy (non-hydrogen) atoms. The molecular formula is C12H18N2O. The fraction of sp³-hybridized carbons (Fsp3) is 0.500. The highest BCUT2D eigenvalue weighted by Crippen LogP contribution is 2.21. The average Bonchev–Trinajstić information content (AvgIpc) is 2.40. The maximum atomic E-state index is 8.99. The van der Waals surface area contributed by atoms with Crippen molar-refractivity contribution in [1.82, 2.24) is 4.90 Å². The minimum Gasteiger partial charge on any atom is -0.396 e. The summed E-state index contributed by atoms with van der Waals surface area (Å²) in [6, 6.07) is 8.81. The van der Waals surface area contributed by atoms with Gasteiger partial charge in [0.1, 0.15) is 0 Å². The van der Waals surface area contributed by atoms with Gasteiger partial charge in [0, 0.05) is 31.4 Å². The molecule has 1 aliphatic heterocycles. The zero-order chi connectivity index (χ0) is 10.7. The quantitative estimate of drug-likeness (QED) is 0.765. The Morgan fingerprint density at radius 1 is 1.47 bits per heavy atom. The first-order valence-electron chi connectivity index (χ1n) is 5.44. The highest BCUT2D eigenvalue weighted by atomic mass is 16.3. The number of rotatable bonds is 2. The Bertz CT molecular complexity index is 327. The van der Waals surface area contributed by atoms with Crippen molar-refractivity contribution in [3.8, 4) is 0 Å². The van der Waals surface area contributed by atoms with Crippen LogP contribution in [0.3, 0.4) is 0 Å². The summed E-state index contributed by atoms with van der Waals surface area (Å²) in [7, 11) is 2.12. The van der Waals surface area contributed by atoms with Gasteiger partial charge in [0.2, 0.25) is 0 Å². The van der Waals surface area contributed by atoms with Crippen LogP contribution in [0, 0.1) is 0 Å². The molecule has 0 saturated carbocycles. The zero-order valence-electron chi connectivity index (χ0n) is 9.11. The third-order valence-corrected chi connectivity index (χ3v) is 3.05. The number of benzene rings is 1. The van der Waals surface area contributed by atoms with Crippen LogP contribution in [0.25, 0.3) is 0 Å². The molecule has 0 aromatic heterocycles. The van der Waals surface area contributed by atoms with E-state index in [0.29, 0.717) is 6.04 Å². The van der Waals surface area contributed by atoms with E-state index in [2.05, 4.69) is 41.5 Å². The molecular weight excluding hydrogens is 188 g/mol. The Morgan fingerprint density at radius 2 is 2.27 bits per heavy atom. The number of aliphatic hydroxyl groups is 1. The number of fused-ring (bicyclic) bond motifs is 1. The number of nitrogens with one attached hydrogen (secondary N) is 1. The van der Waals surface area contributed by atoms with Crippen molar-refractivity contribution in [2.24, 2.45) is 0 Å². The topological polar surface area (TPSA) is 35.5 Å². The molecule has 0 radical (unpaired) electrons. The van der Waals surface area contributed by atoms with Crippen LogP contribution in [-0.2, 0) is 6.54 Å². The first-order valence-corrected chi connectivity index (χ1v) is 5.44. The first-order chi connectivity index (χ1) is 7.31. The van der Waals surface area contributed by atoms with E-state index in [-0.39, 0.29) is 6.61 Å². The van der Waals surface area contributed by atoms with Crippen molar-refractivity contribution >= 4 is 5.69 Å². The molecule has 0 bridgehead atoms. The summed E-state index contributed by atoms with van der Waals surface area (Å²) in [4.78, 5) is 2.30. The van der Waals surface area contributed by atoms with Gasteiger partial charge in [-0.25, -0.2) is 0 Å². The van der Waals surface area contributed by atoms with Crippen LogP contribution in [0.15, 0.2) is 24.3 Å². The van der Waals surface area contributed by atoms with Crippen LogP contribution < -0.4 is 5.32 Å². The Labute approximate surface area is 90.7 Å². The highest BCUT2D eigenvalue weighted by molar-refractivity contribution is 5.51. The van der Waals surface area contributed by atoms with E-state index in [0.717, 1.165) is 19.5 Å². The van der Waals surface area contributed by atoms with Crippen molar-refractivity contribution in [2.45, 2.75) is 19.0 Å². The normalized spacial score (nSPS) is 21.6. The predicted molar refractivity (Wildman–Crippen MR) is 61.9 cm³/mol. The van der Waals surface area contributed by atoms with Crippen molar-refractivity contribution in [3.05, 3.63) is 29.8 Å². The number of para-hydroxylation sites is 1. The van der Waals surface area contributed by atoms with Crippen molar-refractivity contribution < 1.29 is 5.11 Å². The summed E-state index contributed by atoms with van der Waals surface area (Å²) < 4.78 is 0. The average molecular weight is 206 g/mol. The molecule has 0 aliphatic carbocycles. The number of anilines is 1. The van der Waals surface area contributed by atoms with Gasteiger partial charge < -0.3 is 10.4 Å². The third kappa shape index (κ3) is 2.30. The van der Waals surface area contributed by atoms with Gasteiger partial charge in [-0.3, -0.25) is 4.90 Å². The van der Waals surface area contributed by atoms with E-state index in [1.165, 1.54) is 11.3 Å². The number of nitrogens with zero attached hydrogens (tertiary/aromatic N) is 1. The third-order valence-electron chi connectivity index (χ3n) is 3.05.